The van der Waals surface area contributed by atoms with Gasteiger partial charge < -0.3 is 19.7 Å². The number of nitrogens with one attached hydrogen (secondary N) is 2. The Morgan fingerprint density at radius 2 is 2.04 bits per heavy atom. The van der Waals surface area contributed by atoms with Crippen LogP contribution < -0.4 is 19.7 Å². The summed E-state index contributed by atoms with van der Waals surface area (Å²) in [6.07, 6.45) is 0. The van der Waals surface area contributed by atoms with Gasteiger partial charge in [0.2, 0.25) is 6.79 Å². The lowest BCUT2D eigenvalue weighted by atomic mass is 10.2. The summed E-state index contributed by atoms with van der Waals surface area (Å²) >= 11 is 5.77. The highest BCUT2D eigenvalue weighted by Gasteiger charge is 2.19. The molecule has 3 rings (SSSR count). The summed E-state index contributed by atoms with van der Waals surface area (Å²) in [4.78, 5) is 23.6. The molecule has 0 radical (unpaired) electrons. The van der Waals surface area contributed by atoms with E-state index in [9.17, 15) is 14.9 Å². The van der Waals surface area contributed by atoms with Crippen molar-refractivity contribution in [2.45, 2.75) is 6.54 Å². The van der Waals surface area contributed by atoms with Crippen molar-refractivity contribution in [2.75, 3.05) is 25.7 Å². The molecule has 1 atom stereocenters. The normalized spacial score (nSPS) is 13.3. The van der Waals surface area contributed by atoms with Crippen LogP contribution in [0, 0.1) is 10.1 Å². The molecule has 1 amide bonds. The van der Waals surface area contributed by atoms with E-state index in [4.69, 9.17) is 21.1 Å². The van der Waals surface area contributed by atoms with Crippen LogP contribution in [0.3, 0.4) is 0 Å². The van der Waals surface area contributed by atoms with Crippen LogP contribution in [0.4, 0.5) is 11.4 Å². The zero-order valence-electron chi connectivity index (χ0n) is 14.0. The van der Waals surface area contributed by atoms with E-state index >= 15 is 0 Å². The summed E-state index contributed by atoms with van der Waals surface area (Å²) < 4.78 is 10.6. The van der Waals surface area contributed by atoms with E-state index < -0.39 is 4.92 Å². The van der Waals surface area contributed by atoms with Crippen molar-refractivity contribution in [3.63, 3.8) is 0 Å². The largest absolute Gasteiger partial charge is 0.454 e. The predicted molar refractivity (Wildman–Crippen MR) is 94.8 cm³/mol. The van der Waals surface area contributed by atoms with Crippen LogP contribution in [0.2, 0.25) is 5.02 Å². The Balaban J connectivity index is 1.60. The fraction of sp³-hybridized carbons (Fsp3) is 0.235. The standard InChI is InChI=1S/C17H16ClN3O5/c1-20(8-11-2-5-15-16(6-11)26-10-25-15)9-17(22)19-13-4-3-12(18)7-14(13)21(23)24/h2-7H,8-10H2,1H3,(H,19,22)/p+1. The Morgan fingerprint density at radius 1 is 1.27 bits per heavy atom. The molecule has 26 heavy (non-hydrogen) atoms. The number of anilines is 1. The molecule has 1 heterocycles. The Bertz CT molecular complexity index is 858. The van der Waals surface area contributed by atoms with Gasteiger partial charge in [-0.3, -0.25) is 14.9 Å². The minimum absolute atomic E-state index is 0.125. The second-order valence-corrected chi connectivity index (χ2v) is 6.40. The van der Waals surface area contributed by atoms with E-state index in [1.165, 1.54) is 18.2 Å². The number of benzene rings is 2. The van der Waals surface area contributed by atoms with E-state index in [-0.39, 0.29) is 35.6 Å². The van der Waals surface area contributed by atoms with Crippen LogP contribution >= 0.6 is 11.6 Å². The van der Waals surface area contributed by atoms with Gasteiger partial charge in [-0.05, 0) is 30.3 Å². The number of carbonyl (C=O) groups excluding carboxylic acids is 1. The van der Waals surface area contributed by atoms with Crippen LogP contribution in [0.15, 0.2) is 36.4 Å². The third kappa shape index (κ3) is 4.22. The molecule has 2 aromatic carbocycles. The van der Waals surface area contributed by atoms with Crippen molar-refractivity contribution in [1.29, 1.82) is 0 Å². The highest BCUT2D eigenvalue weighted by molar-refractivity contribution is 6.31. The van der Waals surface area contributed by atoms with Gasteiger partial charge in [0, 0.05) is 16.7 Å². The molecule has 2 aromatic rings. The summed E-state index contributed by atoms with van der Waals surface area (Å²) in [6, 6.07) is 9.76. The lowest BCUT2D eigenvalue weighted by molar-refractivity contribution is -0.885. The van der Waals surface area contributed by atoms with E-state index in [1.54, 1.807) is 0 Å². The van der Waals surface area contributed by atoms with Gasteiger partial charge in [-0.2, -0.15) is 0 Å². The molecule has 0 saturated carbocycles. The van der Waals surface area contributed by atoms with Crippen LogP contribution in [0.25, 0.3) is 0 Å². The molecule has 2 N–H and O–H groups in total. The Morgan fingerprint density at radius 3 is 2.81 bits per heavy atom. The molecule has 1 aliphatic rings. The number of likely N-dealkylation sites (N-methyl/N-ethyl adjacent to an activating group) is 1. The molecule has 1 aliphatic heterocycles. The maximum Gasteiger partial charge on any atom is 0.294 e. The molecular formula is C17H17ClN3O5+. The van der Waals surface area contributed by atoms with E-state index in [0.29, 0.717) is 18.0 Å². The van der Waals surface area contributed by atoms with E-state index in [0.717, 1.165) is 10.5 Å². The average molecular weight is 379 g/mol. The summed E-state index contributed by atoms with van der Waals surface area (Å²) in [5.74, 6) is 1.07. The molecule has 0 aromatic heterocycles. The molecule has 0 fully saturated rings. The highest BCUT2D eigenvalue weighted by atomic mass is 35.5. The van der Waals surface area contributed by atoms with Gasteiger partial charge in [0.05, 0.1) is 12.0 Å². The average Bonchev–Trinajstić information content (AvgIpc) is 3.03. The molecule has 136 valence electrons. The minimum atomic E-state index is -0.579. The third-order valence-corrected chi connectivity index (χ3v) is 4.07. The van der Waals surface area contributed by atoms with Crippen LogP contribution in [-0.2, 0) is 11.3 Å². The Labute approximate surface area is 154 Å². The number of nitro groups is 1. The third-order valence-electron chi connectivity index (χ3n) is 3.84. The highest BCUT2D eigenvalue weighted by Crippen LogP contribution is 2.32. The number of ether oxygens (including phenoxy) is 2. The first kappa shape index (κ1) is 18.0. The first-order chi connectivity index (χ1) is 12.4. The number of hydrogen-bond donors (Lipinski definition) is 2. The second-order valence-electron chi connectivity index (χ2n) is 5.97. The smallest absolute Gasteiger partial charge is 0.294 e. The lowest BCUT2D eigenvalue weighted by Gasteiger charge is -2.14. The number of nitrogens with zero attached hydrogens (tertiary/aromatic N) is 1. The molecule has 0 saturated heterocycles. The monoisotopic (exact) mass is 378 g/mol. The zero-order chi connectivity index (χ0) is 18.7. The van der Waals surface area contributed by atoms with Crippen molar-refractivity contribution in [3.8, 4) is 11.5 Å². The topological polar surface area (TPSA) is 95.1 Å². The van der Waals surface area contributed by atoms with Crippen molar-refractivity contribution < 1.29 is 24.1 Å². The first-order valence-electron chi connectivity index (χ1n) is 7.86. The Kier molecular flexibility index (Phi) is 5.24. The second kappa shape index (κ2) is 7.59. The molecule has 0 bridgehead atoms. The fourth-order valence-corrected chi connectivity index (χ4v) is 2.86. The molecule has 0 spiro atoms. The summed E-state index contributed by atoms with van der Waals surface area (Å²) in [5.41, 5.74) is 0.886. The quantitative estimate of drug-likeness (QED) is 0.588. The lowest BCUT2D eigenvalue weighted by Crippen LogP contribution is -3.08. The van der Waals surface area contributed by atoms with Crippen LogP contribution in [-0.4, -0.2) is 31.2 Å². The van der Waals surface area contributed by atoms with Crippen molar-refractivity contribution in [3.05, 3.63) is 57.1 Å². The number of carbonyl (C=O) groups is 1. The van der Waals surface area contributed by atoms with Crippen molar-refractivity contribution in [2.24, 2.45) is 0 Å². The van der Waals surface area contributed by atoms with E-state index in [1.807, 2.05) is 25.2 Å². The van der Waals surface area contributed by atoms with Gasteiger partial charge >= 0.3 is 0 Å². The number of quaternary nitrogens is 1. The zero-order valence-corrected chi connectivity index (χ0v) is 14.7. The van der Waals surface area contributed by atoms with Gasteiger partial charge in [0.1, 0.15) is 12.2 Å². The van der Waals surface area contributed by atoms with Crippen molar-refractivity contribution >= 4 is 28.9 Å². The summed E-state index contributed by atoms with van der Waals surface area (Å²) in [7, 11) is 1.86. The number of rotatable bonds is 6. The summed E-state index contributed by atoms with van der Waals surface area (Å²) in [6.45, 7) is 0.949. The van der Waals surface area contributed by atoms with Gasteiger partial charge in [0.25, 0.3) is 11.6 Å². The van der Waals surface area contributed by atoms with Gasteiger partial charge in [-0.15, -0.1) is 0 Å². The van der Waals surface area contributed by atoms with E-state index in [2.05, 4.69) is 5.32 Å². The number of hydrogen-bond acceptors (Lipinski definition) is 5. The van der Waals surface area contributed by atoms with Crippen molar-refractivity contribution in [1.82, 2.24) is 0 Å². The first-order valence-corrected chi connectivity index (χ1v) is 8.24. The van der Waals surface area contributed by atoms with Crippen LogP contribution in [0.1, 0.15) is 5.56 Å². The van der Waals surface area contributed by atoms with Gasteiger partial charge in [-0.1, -0.05) is 11.6 Å². The maximum atomic E-state index is 12.2. The molecule has 0 aliphatic carbocycles. The molecule has 1 unspecified atom stereocenters. The van der Waals surface area contributed by atoms with Crippen LogP contribution in [0.5, 0.6) is 11.5 Å². The van der Waals surface area contributed by atoms with Gasteiger partial charge in [0.15, 0.2) is 18.0 Å². The van der Waals surface area contributed by atoms with Gasteiger partial charge in [-0.25, -0.2) is 0 Å². The number of nitro benzene ring substituents is 1. The maximum absolute atomic E-state index is 12.2. The predicted octanol–water partition coefficient (Wildman–Crippen LogP) is 1.63. The SMILES string of the molecule is C[NH+](CC(=O)Nc1ccc(Cl)cc1[N+](=O)[O-])Cc1ccc2c(c1)OCO2. The molecule has 8 nitrogen and oxygen atoms in total. The number of amides is 1. The minimum Gasteiger partial charge on any atom is -0.454 e. The Hall–Kier alpha value is -2.84. The molecule has 9 heteroatoms. The fourth-order valence-electron chi connectivity index (χ4n) is 2.69. The number of halogens is 1. The number of fused-ring (bicyclic) bond motifs is 1. The molecular weight excluding hydrogens is 362 g/mol. The summed E-state index contributed by atoms with van der Waals surface area (Å²) in [5, 5.41) is 13.9.